The molecule has 0 saturated heterocycles. The summed E-state index contributed by atoms with van der Waals surface area (Å²) in [6, 6.07) is 12.0. The molecule has 0 spiro atoms. The Morgan fingerprint density at radius 2 is 1.81 bits per heavy atom. The van der Waals surface area contributed by atoms with Gasteiger partial charge in [-0.05, 0) is 50.6 Å². The number of carbonyl (C=O) groups is 1. The van der Waals surface area contributed by atoms with E-state index in [1.807, 2.05) is 31.2 Å². The Hall–Kier alpha value is -2.36. The molecule has 0 aliphatic rings. The van der Waals surface area contributed by atoms with Gasteiger partial charge in [0.25, 0.3) is 5.91 Å². The standard InChI is InChI=1S/C17H18FNO2/c1-11-4-8-15(9-5-11)21-13(3)17(20)19-14-7-6-12(2)16(18)10-14/h4-10,13H,1-3H3,(H,19,20). The van der Waals surface area contributed by atoms with Crippen LogP contribution in [0, 0.1) is 19.7 Å². The second-order valence-corrected chi connectivity index (χ2v) is 5.03. The highest BCUT2D eigenvalue weighted by Crippen LogP contribution is 2.16. The van der Waals surface area contributed by atoms with Gasteiger partial charge in [0.2, 0.25) is 0 Å². The van der Waals surface area contributed by atoms with Crippen LogP contribution in [0.1, 0.15) is 18.1 Å². The van der Waals surface area contributed by atoms with Crippen molar-refractivity contribution in [3.63, 3.8) is 0 Å². The molecular weight excluding hydrogens is 269 g/mol. The molecule has 0 aliphatic heterocycles. The fourth-order valence-electron chi connectivity index (χ4n) is 1.79. The first kappa shape index (κ1) is 15.0. The number of hydrogen-bond donors (Lipinski definition) is 1. The van der Waals surface area contributed by atoms with Crippen molar-refractivity contribution < 1.29 is 13.9 Å². The molecule has 0 aliphatic carbocycles. The Bertz CT molecular complexity index is 638. The molecule has 0 heterocycles. The van der Waals surface area contributed by atoms with E-state index in [1.165, 1.54) is 6.07 Å². The van der Waals surface area contributed by atoms with Crippen molar-refractivity contribution in [3.8, 4) is 5.75 Å². The van der Waals surface area contributed by atoms with Gasteiger partial charge in [-0.3, -0.25) is 4.79 Å². The summed E-state index contributed by atoms with van der Waals surface area (Å²) in [7, 11) is 0. The van der Waals surface area contributed by atoms with Gasteiger partial charge in [-0.2, -0.15) is 0 Å². The van der Waals surface area contributed by atoms with E-state index in [9.17, 15) is 9.18 Å². The summed E-state index contributed by atoms with van der Waals surface area (Å²) in [5.41, 5.74) is 2.08. The zero-order chi connectivity index (χ0) is 15.4. The van der Waals surface area contributed by atoms with Crippen molar-refractivity contribution in [1.82, 2.24) is 0 Å². The normalized spacial score (nSPS) is 11.8. The van der Waals surface area contributed by atoms with Crippen LogP contribution in [0.5, 0.6) is 5.75 Å². The second kappa shape index (κ2) is 6.39. The van der Waals surface area contributed by atoms with Crippen LogP contribution in [0.2, 0.25) is 0 Å². The lowest BCUT2D eigenvalue weighted by molar-refractivity contribution is -0.122. The monoisotopic (exact) mass is 287 g/mol. The van der Waals surface area contributed by atoms with Crippen LogP contribution >= 0.6 is 0 Å². The predicted octanol–water partition coefficient (Wildman–Crippen LogP) is 3.85. The van der Waals surface area contributed by atoms with Crippen molar-refractivity contribution >= 4 is 11.6 Å². The van der Waals surface area contributed by atoms with E-state index in [1.54, 1.807) is 26.0 Å². The largest absolute Gasteiger partial charge is 0.481 e. The van der Waals surface area contributed by atoms with Crippen molar-refractivity contribution in [2.45, 2.75) is 26.9 Å². The zero-order valence-corrected chi connectivity index (χ0v) is 12.3. The smallest absolute Gasteiger partial charge is 0.265 e. The SMILES string of the molecule is Cc1ccc(OC(C)C(=O)Nc2ccc(C)c(F)c2)cc1. The van der Waals surface area contributed by atoms with Gasteiger partial charge in [-0.1, -0.05) is 23.8 Å². The Morgan fingerprint density at radius 3 is 2.43 bits per heavy atom. The lowest BCUT2D eigenvalue weighted by Crippen LogP contribution is -2.30. The third-order valence-electron chi connectivity index (χ3n) is 3.14. The summed E-state index contributed by atoms with van der Waals surface area (Å²) in [6.07, 6.45) is -0.669. The minimum atomic E-state index is -0.669. The topological polar surface area (TPSA) is 38.3 Å². The molecule has 0 fully saturated rings. The van der Waals surface area contributed by atoms with Gasteiger partial charge in [0.1, 0.15) is 11.6 Å². The van der Waals surface area contributed by atoms with Crippen molar-refractivity contribution in [3.05, 3.63) is 59.4 Å². The maximum absolute atomic E-state index is 13.4. The number of anilines is 1. The molecule has 0 bridgehead atoms. The van der Waals surface area contributed by atoms with E-state index < -0.39 is 6.10 Å². The highest BCUT2D eigenvalue weighted by Gasteiger charge is 2.15. The molecule has 1 atom stereocenters. The molecule has 0 saturated carbocycles. The summed E-state index contributed by atoms with van der Waals surface area (Å²) >= 11 is 0. The maximum atomic E-state index is 13.4. The van der Waals surface area contributed by atoms with Gasteiger partial charge in [-0.15, -0.1) is 0 Å². The summed E-state index contributed by atoms with van der Waals surface area (Å²) in [5.74, 6) is -0.0444. The van der Waals surface area contributed by atoms with Crippen LogP contribution in [0.25, 0.3) is 0 Å². The molecule has 2 aromatic carbocycles. The number of amides is 1. The molecule has 1 unspecified atom stereocenters. The first-order valence-electron chi connectivity index (χ1n) is 6.76. The third-order valence-corrected chi connectivity index (χ3v) is 3.14. The lowest BCUT2D eigenvalue weighted by atomic mass is 10.2. The van der Waals surface area contributed by atoms with Crippen LogP contribution in [0.4, 0.5) is 10.1 Å². The van der Waals surface area contributed by atoms with E-state index >= 15 is 0 Å². The first-order chi connectivity index (χ1) is 9.95. The number of ether oxygens (including phenoxy) is 1. The molecule has 2 rings (SSSR count). The Morgan fingerprint density at radius 1 is 1.14 bits per heavy atom. The number of nitrogens with one attached hydrogen (secondary N) is 1. The van der Waals surface area contributed by atoms with E-state index in [0.717, 1.165) is 5.56 Å². The Labute approximate surface area is 123 Å². The molecule has 21 heavy (non-hydrogen) atoms. The number of benzene rings is 2. The maximum Gasteiger partial charge on any atom is 0.265 e. The van der Waals surface area contributed by atoms with Gasteiger partial charge in [0, 0.05) is 5.69 Å². The molecule has 1 amide bonds. The van der Waals surface area contributed by atoms with Gasteiger partial charge in [0.15, 0.2) is 6.10 Å². The molecule has 2 aromatic rings. The fourth-order valence-corrected chi connectivity index (χ4v) is 1.79. The minimum Gasteiger partial charge on any atom is -0.481 e. The van der Waals surface area contributed by atoms with Crippen LogP contribution in [0.3, 0.4) is 0 Å². The third kappa shape index (κ3) is 4.05. The van der Waals surface area contributed by atoms with E-state index in [2.05, 4.69) is 5.32 Å². The van der Waals surface area contributed by atoms with Crippen LogP contribution in [-0.4, -0.2) is 12.0 Å². The highest BCUT2D eigenvalue weighted by molar-refractivity contribution is 5.94. The van der Waals surface area contributed by atoms with E-state index in [0.29, 0.717) is 17.0 Å². The number of aryl methyl sites for hydroxylation is 2. The summed E-state index contributed by atoms with van der Waals surface area (Å²) in [4.78, 5) is 12.0. The second-order valence-electron chi connectivity index (χ2n) is 5.03. The van der Waals surface area contributed by atoms with Gasteiger partial charge < -0.3 is 10.1 Å². The van der Waals surface area contributed by atoms with E-state index in [-0.39, 0.29) is 11.7 Å². The first-order valence-corrected chi connectivity index (χ1v) is 6.76. The Kier molecular flexibility index (Phi) is 4.58. The molecule has 0 radical (unpaired) electrons. The minimum absolute atomic E-state index is 0.321. The van der Waals surface area contributed by atoms with Crippen molar-refractivity contribution in [2.24, 2.45) is 0 Å². The van der Waals surface area contributed by atoms with Gasteiger partial charge in [-0.25, -0.2) is 4.39 Å². The fraction of sp³-hybridized carbons (Fsp3) is 0.235. The average molecular weight is 287 g/mol. The highest BCUT2D eigenvalue weighted by atomic mass is 19.1. The molecule has 1 N–H and O–H groups in total. The van der Waals surface area contributed by atoms with Gasteiger partial charge in [0.05, 0.1) is 0 Å². The van der Waals surface area contributed by atoms with Gasteiger partial charge >= 0.3 is 0 Å². The molecule has 3 nitrogen and oxygen atoms in total. The zero-order valence-electron chi connectivity index (χ0n) is 12.3. The van der Waals surface area contributed by atoms with Crippen LogP contribution in [0.15, 0.2) is 42.5 Å². The Balaban J connectivity index is 1.98. The molecular formula is C17H18FNO2. The predicted molar refractivity (Wildman–Crippen MR) is 81.0 cm³/mol. The number of rotatable bonds is 4. The lowest BCUT2D eigenvalue weighted by Gasteiger charge is -2.15. The molecule has 4 heteroatoms. The number of halogens is 1. The summed E-state index contributed by atoms with van der Waals surface area (Å²) in [6.45, 7) is 5.30. The van der Waals surface area contributed by atoms with E-state index in [4.69, 9.17) is 4.74 Å². The number of carbonyl (C=O) groups excluding carboxylic acids is 1. The summed E-state index contributed by atoms with van der Waals surface area (Å²) in [5, 5.41) is 2.64. The molecule has 110 valence electrons. The summed E-state index contributed by atoms with van der Waals surface area (Å²) < 4.78 is 19.0. The quantitative estimate of drug-likeness (QED) is 0.927. The van der Waals surface area contributed by atoms with Crippen LogP contribution in [-0.2, 0) is 4.79 Å². The van der Waals surface area contributed by atoms with Crippen molar-refractivity contribution in [1.29, 1.82) is 0 Å². The molecule has 0 aromatic heterocycles. The number of hydrogen-bond acceptors (Lipinski definition) is 2. The van der Waals surface area contributed by atoms with Crippen LogP contribution < -0.4 is 10.1 Å². The van der Waals surface area contributed by atoms with Crippen molar-refractivity contribution in [2.75, 3.05) is 5.32 Å². The average Bonchev–Trinajstić information content (AvgIpc) is 2.45.